The summed E-state index contributed by atoms with van der Waals surface area (Å²) in [5.74, 6) is -1.62. The molecular weight excluding hydrogens is 679 g/mol. The Bertz CT molecular complexity index is 2710. The van der Waals surface area contributed by atoms with Crippen molar-refractivity contribution in [2.75, 3.05) is 7.11 Å². The van der Waals surface area contributed by atoms with Crippen LogP contribution in [0.15, 0.2) is 146 Å². The van der Waals surface area contributed by atoms with E-state index in [1.807, 2.05) is 97.1 Å². The van der Waals surface area contributed by atoms with Gasteiger partial charge < -0.3 is 14.7 Å². The number of carbonyl (C=O) groups is 1. The number of H-pyrrole nitrogens is 2. The quantitative estimate of drug-likeness (QED) is 0.173. The van der Waals surface area contributed by atoms with Crippen molar-refractivity contribution in [3.05, 3.63) is 168 Å². The van der Waals surface area contributed by atoms with Gasteiger partial charge in [-0.05, 0) is 58.7 Å². The van der Waals surface area contributed by atoms with Gasteiger partial charge in [-0.2, -0.15) is 5.26 Å². The predicted octanol–water partition coefficient (Wildman–Crippen LogP) is 10.7. The fourth-order valence-corrected chi connectivity index (χ4v) is 8.63. The summed E-state index contributed by atoms with van der Waals surface area (Å²) >= 11 is 0. The molecule has 1 fully saturated rings. The number of methoxy groups -OCH3 is 1. The lowest BCUT2D eigenvalue weighted by atomic mass is 9.95. The zero-order valence-electron chi connectivity index (χ0n) is 29.8. The van der Waals surface area contributed by atoms with Crippen molar-refractivity contribution in [1.82, 2.24) is 19.9 Å². The van der Waals surface area contributed by atoms with Gasteiger partial charge in [0.05, 0.1) is 36.0 Å². The Labute approximate surface area is 317 Å². The molecule has 4 aromatic carbocycles. The Morgan fingerprint density at radius 3 is 1.24 bits per heavy atom. The zero-order valence-corrected chi connectivity index (χ0v) is 29.8. The van der Waals surface area contributed by atoms with Crippen LogP contribution in [-0.2, 0) is 9.53 Å². The van der Waals surface area contributed by atoms with Crippen LogP contribution < -0.4 is 0 Å². The topological polar surface area (TPSA) is 107 Å². The summed E-state index contributed by atoms with van der Waals surface area (Å²) in [5, 5.41) is 11.0. The molecule has 1 unspecified atom stereocenters. The van der Waals surface area contributed by atoms with Gasteiger partial charge in [-0.3, -0.25) is 9.78 Å². The third-order valence-electron chi connectivity index (χ3n) is 11.1. The molecule has 3 atom stereocenters. The number of nitrogens with one attached hydrogen (secondary N) is 2. The lowest BCUT2D eigenvalue weighted by Crippen LogP contribution is -2.21. The Morgan fingerprint density at radius 1 is 0.545 bits per heavy atom. The third kappa shape index (κ3) is 4.99. The summed E-state index contributed by atoms with van der Waals surface area (Å²) in [7, 11) is 1.35. The van der Waals surface area contributed by atoms with Crippen molar-refractivity contribution in [3.63, 3.8) is 0 Å². The number of hydrogen-bond acceptors (Lipinski definition) is 5. The van der Waals surface area contributed by atoms with Crippen LogP contribution in [0.1, 0.15) is 34.6 Å². The van der Waals surface area contributed by atoms with E-state index in [0.29, 0.717) is 11.4 Å². The monoisotopic (exact) mass is 711 g/mol. The van der Waals surface area contributed by atoms with Gasteiger partial charge in [-0.25, -0.2) is 4.98 Å². The van der Waals surface area contributed by atoms with E-state index in [4.69, 9.17) is 14.7 Å². The molecule has 10 rings (SSSR count). The number of nitriles is 1. The molecule has 262 valence electrons. The number of ether oxygens (including phenoxy) is 1. The molecule has 7 nitrogen and oxygen atoms in total. The van der Waals surface area contributed by atoms with Crippen LogP contribution in [0.25, 0.3) is 78.7 Å². The standard InChI is InChI=1S/C48H33N5O2/c1-55-47(54)48(28-49)43-44(48)46-42(32-20-12-5-13-21-32)38-27-25-36(52-38)40(30-16-8-3-9-17-30)34-23-22-33(50-34)39(29-14-6-2-7-15-29)35-24-26-37(51-35)41(45(43)53-46)31-18-10-4-11-19-31/h2-27,43-44,51-52H,1H3/t43-,44+,48?. The molecule has 2 N–H and O–H groups in total. The number of fused-ring (bicyclic) bond motifs is 11. The molecule has 8 bridgehead atoms. The minimum atomic E-state index is -1.45. The SMILES string of the molecule is COC(=O)C1(C#N)[C@@H]2c3nc(c(-c4ccccc4)c4ccc([nH]4)c(-c4ccccc4)c4nc(c(-c5ccccc5)c5ccc([nH]5)c3-c3ccccc3)C=C4)[C@@H]21. The number of aromatic amines is 2. The molecular formula is C48H33N5O2. The molecule has 7 heteroatoms. The second kappa shape index (κ2) is 12.7. The molecule has 55 heavy (non-hydrogen) atoms. The van der Waals surface area contributed by atoms with Crippen LogP contribution in [0, 0.1) is 16.7 Å². The van der Waals surface area contributed by atoms with Gasteiger partial charge in [0, 0.05) is 56.2 Å². The van der Waals surface area contributed by atoms with Gasteiger partial charge in [0.2, 0.25) is 0 Å². The Hall–Kier alpha value is -7.30. The minimum Gasteiger partial charge on any atom is -0.468 e. The average Bonchev–Trinajstić information content (AvgIpc) is 3.86. The van der Waals surface area contributed by atoms with Gasteiger partial charge >= 0.3 is 5.97 Å². The van der Waals surface area contributed by atoms with E-state index in [9.17, 15) is 10.1 Å². The Kier molecular flexibility index (Phi) is 7.46. The van der Waals surface area contributed by atoms with Crippen LogP contribution in [0.5, 0.6) is 0 Å². The van der Waals surface area contributed by atoms with Gasteiger partial charge in [0.25, 0.3) is 0 Å². The zero-order chi connectivity index (χ0) is 37.1. The maximum Gasteiger partial charge on any atom is 0.327 e. The van der Waals surface area contributed by atoms with Crippen LogP contribution >= 0.6 is 0 Å². The van der Waals surface area contributed by atoms with Gasteiger partial charge in [0.1, 0.15) is 0 Å². The summed E-state index contributed by atoms with van der Waals surface area (Å²) in [4.78, 5) is 32.2. The smallest absolute Gasteiger partial charge is 0.327 e. The van der Waals surface area contributed by atoms with Crippen LogP contribution in [0.4, 0.5) is 0 Å². The van der Waals surface area contributed by atoms with Crippen LogP contribution in [0.3, 0.4) is 0 Å². The molecule has 0 spiro atoms. The lowest BCUT2D eigenvalue weighted by molar-refractivity contribution is -0.145. The predicted molar refractivity (Wildman–Crippen MR) is 217 cm³/mol. The van der Waals surface area contributed by atoms with E-state index >= 15 is 0 Å². The van der Waals surface area contributed by atoms with E-state index in [0.717, 1.165) is 78.0 Å². The first-order chi connectivity index (χ1) is 27.1. The second-order valence-corrected chi connectivity index (χ2v) is 14.1. The summed E-state index contributed by atoms with van der Waals surface area (Å²) < 4.78 is 5.41. The maximum atomic E-state index is 13.9. The van der Waals surface area contributed by atoms with Gasteiger partial charge in [-0.15, -0.1) is 0 Å². The molecule has 7 aromatic rings. The molecule has 5 heterocycles. The van der Waals surface area contributed by atoms with E-state index < -0.39 is 23.2 Å². The van der Waals surface area contributed by atoms with Crippen LogP contribution in [-0.4, -0.2) is 33.0 Å². The normalized spacial score (nSPS) is 18.0. The van der Waals surface area contributed by atoms with Crippen molar-refractivity contribution in [2.45, 2.75) is 11.8 Å². The number of aromatic nitrogens is 4. The fourth-order valence-electron chi connectivity index (χ4n) is 8.63. The van der Waals surface area contributed by atoms with E-state index in [1.54, 1.807) is 0 Å². The van der Waals surface area contributed by atoms with Gasteiger partial charge in [-0.1, -0.05) is 121 Å². The number of esters is 1. The lowest BCUT2D eigenvalue weighted by Gasteiger charge is -2.13. The summed E-state index contributed by atoms with van der Waals surface area (Å²) in [6.07, 6.45) is 4.17. The van der Waals surface area contributed by atoms with Crippen molar-refractivity contribution in [3.8, 4) is 50.6 Å². The molecule has 0 amide bonds. The molecule has 2 aliphatic heterocycles. The highest BCUT2D eigenvalue weighted by molar-refractivity contribution is 5.99. The number of rotatable bonds is 5. The van der Waals surface area contributed by atoms with E-state index in [1.165, 1.54) is 7.11 Å². The summed E-state index contributed by atoms with van der Waals surface area (Å²) in [6, 6.07) is 51.4. The number of nitrogens with zero attached hydrogens (tertiary/aromatic N) is 3. The Morgan fingerprint density at radius 2 is 0.891 bits per heavy atom. The van der Waals surface area contributed by atoms with Crippen molar-refractivity contribution >= 4 is 40.2 Å². The number of hydrogen-bond donors (Lipinski definition) is 2. The third-order valence-corrected chi connectivity index (χ3v) is 11.1. The molecule has 0 radical (unpaired) electrons. The fraction of sp³-hybridized carbons (Fsp3) is 0.0833. The van der Waals surface area contributed by atoms with E-state index in [2.05, 4.69) is 76.7 Å². The first-order valence-electron chi connectivity index (χ1n) is 18.3. The highest BCUT2D eigenvalue weighted by Crippen LogP contribution is 2.74. The van der Waals surface area contributed by atoms with Crippen molar-refractivity contribution in [1.29, 1.82) is 5.26 Å². The second-order valence-electron chi connectivity index (χ2n) is 14.1. The molecule has 1 saturated carbocycles. The largest absolute Gasteiger partial charge is 0.468 e. The van der Waals surface area contributed by atoms with Crippen molar-refractivity contribution in [2.24, 2.45) is 5.41 Å². The minimum absolute atomic E-state index is 0.534. The average molecular weight is 712 g/mol. The van der Waals surface area contributed by atoms with Crippen molar-refractivity contribution < 1.29 is 9.53 Å². The highest BCUT2D eigenvalue weighted by atomic mass is 16.5. The molecule has 1 aliphatic carbocycles. The first kappa shape index (κ1) is 32.4. The van der Waals surface area contributed by atoms with Gasteiger partial charge in [0.15, 0.2) is 5.41 Å². The summed E-state index contributed by atoms with van der Waals surface area (Å²) in [6.45, 7) is 0. The molecule has 3 aromatic heterocycles. The van der Waals surface area contributed by atoms with E-state index in [-0.39, 0.29) is 0 Å². The molecule has 0 saturated heterocycles. The Balaban J connectivity index is 1.44. The number of carbonyl (C=O) groups excluding carboxylic acids is 1. The highest BCUT2D eigenvalue weighted by Gasteiger charge is 2.77. The first-order valence-corrected chi connectivity index (χ1v) is 18.3. The number of benzene rings is 4. The summed E-state index contributed by atoms with van der Waals surface area (Å²) in [5.41, 5.74) is 12.3. The maximum absolute atomic E-state index is 13.9. The molecule has 3 aliphatic rings. The van der Waals surface area contributed by atoms with Crippen LogP contribution in [0.2, 0.25) is 0 Å².